The number of para-hydroxylation sites is 5. The predicted molar refractivity (Wildman–Crippen MR) is 190 cm³/mol. The van der Waals surface area contributed by atoms with Crippen LogP contribution in [0.1, 0.15) is 43.4 Å². The minimum atomic E-state index is -0.628. The van der Waals surface area contributed by atoms with Gasteiger partial charge in [-0.05, 0) is 53.4 Å². The summed E-state index contributed by atoms with van der Waals surface area (Å²) in [5.41, 5.74) is 8.79. The molecule has 0 saturated carbocycles. The standard InChI is InChI=1S/C41H35N5.Pt/c1-40(2,3)27-22-24-42-38(25-27)45-33-17-9-5-13-28(33)31-21-23-41(26-37(31)45,39-43-32-16-8-12-20-36(32)44(39)4)46-34-18-10-6-14-29(34)30-15-7-11-19-35(30)46;/h5-25H,26H2,1-4H3;. The molecule has 8 aromatic rings. The molecule has 234 valence electrons. The second-order valence-electron chi connectivity index (χ2n) is 13.7. The molecule has 4 aromatic heterocycles. The van der Waals surface area contributed by atoms with Crippen molar-refractivity contribution in [1.29, 1.82) is 0 Å². The van der Waals surface area contributed by atoms with Gasteiger partial charge in [-0.1, -0.05) is 99.7 Å². The van der Waals surface area contributed by atoms with Crippen molar-refractivity contribution in [3.63, 3.8) is 0 Å². The van der Waals surface area contributed by atoms with E-state index in [1.807, 2.05) is 6.20 Å². The number of nitrogens with zero attached hydrogens (tertiary/aromatic N) is 5. The maximum Gasteiger partial charge on any atom is 0.140 e. The van der Waals surface area contributed by atoms with E-state index < -0.39 is 5.54 Å². The van der Waals surface area contributed by atoms with Gasteiger partial charge in [0.15, 0.2) is 0 Å². The summed E-state index contributed by atoms with van der Waals surface area (Å²) in [4.78, 5) is 10.4. The monoisotopic (exact) mass is 792 g/mol. The maximum absolute atomic E-state index is 5.42. The number of pyridine rings is 1. The number of allylic oxidation sites excluding steroid dienone is 1. The van der Waals surface area contributed by atoms with Gasteiger partial charge in [0.05, 0.1) is 27.6 Å². The molecule has 6 heteroatoms. The number of aromatic nitrogens is 5. The van der Waals surface area contributed by atoms with E-state index in [0.717, 1.165) is 22.7 Å². The van der Waals surface area contributed by atoms with Gasteiger partial charge >= 0.3 is 0 Å². The second-order valence-corrected chi connectivity index (χ2v) is 13.7. The molecule has 0 amide bonds. The minimum absolute atomic E-state index is 0. The van der Waals surface area contributed by atoms with Gasteiger partial charge in [0, 0.05) is 68.1 Å². The van der Waals surface area contributed by atoms with Crippen LogP contribution in [-0.4, -0.2) is 23.7 Å². The summed E-state index contributed by atoms with van der Waals surface area (Å²) in [5, 5.41) is 3.73. The molecule has 0 bridgehead atoms. The summed E-state index contributed by atoms with van der Waals surface area (Å²) in [6.07, 6.45) is 7.41. The average molecular weight is 793 g/mol. The number of imidazole rings is 1. The predicted octanol–water partition coefficient (Wildman–Crippen LogP) is 9.33. The summed E-state index contributed by atoms with van der Waals surface area (Å²) >= 11 is 0. The fraction of sp³-hybridized carbons (Fsp3) is 0.171. The van der Waals surface area contributed by atoms with Crippen molar-refractivity contribution in [2.45, 2.75) is 38.1 Å². The zero-order valence-electron chi connectivity index (χ0n) is 26.9. The first-order valence-corrected chi connectivity index (χ1v) is 16.0. The van der Waals surface area contributed by atoms with Crippen molar-refractivity contribution in [3.05, 3.63) is 144 Å². The van der Waals surface area contributed by atoms with Gasteiger partial charge < -0.3 is 9.13 Å². The average Bonchev–Trinajstić information content (AvgIpc) is 3.72. The van der Waals surface area contributed by atoms with E-state index in [4.69, 9.17) is 9.97 Å². The van der Waals surface area contributed by atoms with Crippen LogP contribution in [-0.2, 0) is 45.5 Å². The van der Waals surface area contributed by atoms with Crippen LogP contribution in [0.4, 0.5) is 0 Å². The van der Waals surface area contributed by atoms with Crippen LogP contribution < -0.4 is 0 Å². The quantitative estimate of drug-likeness (QED) is 0.179. The first kappa shape index (κ1) is 29.7. The second kappa shape index (κ2) is 10.6. The molecule has 1 aliphatic carbocycles. The van der Waals surface area contributed by atoms with Gasteiger partial charge in [-0.2, -0.15) is 0 Å². The third kappa shape index (κ3) is 4.26. The third-order valence-corrected chi connectivity index (χ3v) is 9.97. The zero-order valence-corrected chi connectivity index (χ0v) is 29.2. The van der Waals surface area contributed by atoms with Crippen molar-refractivity contribution in [3.8, 4) is 5.82 Å². The SMILES string of the molecule is Cn1c(C2(n3c4ccccc4c4ccccc43)C=Cc3c(n(-c4cc(C(C)(C)C)ccn4)c4ccccc34)C2)nc2ccccc21.[Pt]. The molecule has 1 aliphatic rings. The normalized spacial score (nSPS) is 16.3. The van der Waals surface area contributed by atoms with Crippen molar-refractivity contribution in [2.75, 3.05) is 0 Å². The van der Waals surface area contributed by atoms with Crippen molar-refractivity contribution < 1.29 is 21.1 Å². The Labute approximate surface area is 288 Å². The van der Waals surface area contributed by atoms with Crippen LogP contribution in [0.3, 0.4) is 0 Å². The van der Waals surface area contributed by atoms with Gasteiger partial charge in [0.25, 0.3) is 0 Å². The van der Waals surface area contributed by atoms with Crippen LogP contribution >= 0.6 is 0 Å². The van der Waals surface area contributed by atoms with Gasteiger partial charge in [0.1, 0.15) is 17.2 Å². The van der Waals surface area contributed by atoms with E-state index in [0.29, 0.717) is 6.42 Å². The van der Waals surface area contributed by atoms with Gasteiger partial charge in [-0.15, -0.1) is 0 Å². The van der Waals surface area contributed by atoms with Crippen molar-refractivity contribution in [2.24, 2.45) is 7.05 Å². The van der Waals surface area contributed by atoms with Crippen LogP contribution in [0.5, 0.6) is 0 Å². The summed E-state index contributed by atoms with van der Waals surface area (Å²) in [7, 11) is 2.16. The molecule has 0 saturated heterocycles. The first-order valence-electron chi connectivity index (χ1n) is 16.0. The molecule has 5 nitrogen and oxygen atoms in total. The summed E-state index contributed by atoms with van der Waals surface area (Å²) in [6, 6.07) is 39.2. The van der Waals surface area contributed by atoms with Crippen LogP contribution in [0.2, 0.25) is 0 Å². The molecule has 47 heavy (non-hydrogen) atoms. The number of fused-ring (bicyclic) bond motifs is 7. The van der Waals surface area contributed by atoms with Gasteiger partial charge in [0.2, 0.25) is 0 Å². The van der Waals surface area contributed by atoms with Gasteiger partial charge in [-0.25, -0.2) is 9.97 Å². The molecule has 9 rings (SSSR count). The Bertz CT molecular complexity index is 2470. The van der Waals surface area contributed by atoms with E-state index in [1.165, 1.54) is 49.5 Å². The number of rotatable bonds is 3. The number of aryl methyl sites for hydroxylation is 1. The van der Waals surface area contributed by atoms with E-state index in [9.17, 15) is 0 Å². The van der Waals surface area contributed by atoms with Crippen LogP contribution in [0, 0.1) is 0 Å². The Morgan fingerprint density at radius 3 is 1.96 bits per heavy atom. The Balaban J connectivity index is 0.00000324. The molecule has 4 heterocycles. The van der Waals surface area contributed by atoms with E-state index in [1.54, 1.807) is 0 Å². The molecule has 1 atom stereocenters. The number of hydrogen-bond acceptors (Lipinski definition) is 2. The fourth-order valence-corrected chi connectivity index (χ4v) is 7.77. The molecule has 4 aromatic carbocycles. The molecular weight excluding hydrogens is 758 g/mol. The summed E-state index contributed by atoms with van der Waals surface area (Å²) < 4.78 is 7.23. The summed E-state index contributed by atoms with van der Waals surface area (Å²) in [6.45, 7) is 6.78. The Morgan fingerprint density at radius 2 is 1.30 bits per heavy atom. The molecule has 0 aliphatic heterocycles. The molecule has 0 N–H and O–H groups in total. The molecular formula is C41H35N5Pt. The zero-order chi connectivity index (χ0) is 31.2. The topological polar surface area (TPSA) is 40.6 Å². The molecule has 1 unspecified atom stereocenters. The maximum atomic E-state index is 5.42. The Kier molecular flexibility index (Phi) is 6.72. The number of benzene rings is 4. The number of hydrogen-bond donors (Lipinski definition) is 0. The van der Waals surface area contributed by atoms with E-state index in [2.05, 4.69) is 163 Å². The van der Waals surface area contributed by atoms with Crippen molar-refractivity contribution in [1.82, 2.24) is 23.7 Å². The minimum Gasteiger partial charge on any atom is -0.329 e. The largest absolute Gasteiger partial charge is 0.329 e. The molecule has 0 radical (unpaired) electrons. The van der Waals surface area contributed by atoms with E-state index >= 15 is 0 Å². The Morgan fingerprint density at radius 1 is 0.702 bits per heavy atom. The fourth-order valence-electron chi connectivity index (χ4n) is 7.77. The van der Waals surface area contributed by atoms with E-state index in [-0.39, 0.29) is 26.5 Å². The van der Waals surface area contributed by atoms with Crippen LogP contribution in [0.15, 0.2) is 121 Å². The third-order valence-electron chi connectivity index (χ3n) is 9.97. The van der Waals surface area contributed by atoms with Gasteiger partial charge in [-0.3, -0.25) is 4.57 Å². The van der Waals surface area contributed by atoms with Crippen LogP contribution in [0.25, 0.3) is 55.6 Å². The summed E-state index contributed by atoms with van der Waals surface area (Å²) in [5.74, 6) is 1.96. The van der Waals surface area contributed by atoms with Crippen molar-refractivity contribution >= 4 is 49.8 Å². The Hall–Kier alpha value is -4.73. The molecule has 0 spiro atoms. The molecule has 0 fully saturated rings. The smallest absolute Gasteiger partial charge is 0.140 e. The first-order chi connectivity index (χ1) is 22.3.